The van der Waals surface area contributed by atoms with Gasteiger partial charge in [-0.05, 0) is 24.3 Å². The van der Waals surface area contributed by atoms with Crippen LogP contribution in [0.2, 0.25) is 0 Å². The molecule has 4 nitrogen and oxygen atoms in total. The summed E-state index contributed by atoms with van der Waals surface area (Å²) in [5.74, 6) is -0.563. The number of aldehydes is 1. The normalized spacial score (nSPS) is 10.0. The predicted octanol–water partition coefficient (Wildman–Crippen LogP) is 1.56. The second-order valence-electron chi connectivity index (χ2n) is 3.23. The van der Waals surface area contributed by atoms with E-state index in [1.165, 1.54) is 16.7 Å². The molecule has 0 atom stereocenters. The molecule has 0 amide bonds. The number of rotatable bonds is 3. The number of hydrogen-bond acceptors (Lipinski definition) is 3. The fourth-order valence-corrected chi connectivity index (χ4v) is 1.52. The van der Waals surface area contributed by atoms with Crippen molar-refractivity contribution in [1.29, 1.82) is 0 Å². The number of nitrogens with zero attached hydrogens (tertiary/aromatic N) is 1. The highest BCUT2D eigenvalue weighted by Gasteiger charge is 2.12. The van der Waals surface area contributed by atoms with Crippen molar-refractivity contribution in [2.75, 3.05) is 0 Å². The summed E-state index contributed by atoms with van der Waals surface area (Å²) < 4.78 is 1.48. The summed E-state index contributed by atoms with van der Waals surface area (Å²) in [5.41, 5.74) is 0.703. The third kappa shape index (κ3) is 1.61. The summed E-state index contributed by atoms with van der Waals surface area (Å²) in [6.45, 7) is 0. The van der Waals surface area contributed by atoms with E-state index in [4.69, 9.17) is 0 Å². The Morgan fingerprint density at radius 1 is 1.19 bits per heavy atom. The minimum absolute atomic E-state index is 0.0543. The molecule has 1 aromatic heterocycles. The lowest BCUT2D eigenvalue weighted by molar-refractivity contribution is -0.104. The Hall–Kier alpha value is -2.36. The fourth-order valence-electron chi connectivity index (χ4n) is 1.52. The molecule has 16 heavy (non-hydrogen) atoms. The van der Waals surface area contributed by atoms with Crippen LogP contribution in [0.25, 0.3) is 5.69 Å². The van der Waals surface area contributed by atoms with E-state index in [1.807, 2.05) is 0 Å². The maximum atomic E-state index is 11.3. The summed E-state index contributed by atoms with van der Waals surface area (Å²) in [6, 6.07) is 9.78. The lowest BCUT2D eigenvalue weighted by Gasteiger charge is -2.08. The van der Waals surface area contributed by atoms with Crippen molar-refractivity contribution in [2.24, 2.45) is 0 Å². The van der Waals surface area contributed by atoms with Crippen LogP contribution in [0.15, 0.2) is 42.6 Å². The van der Waals surface area contributed by atoms with Gasteiger partial charge in [0.05, 0.1) is 11.4 Å². The molecule has 0 aliphatic rings. The van der Waals surface area contributed by atoms with Crippen LogP contribution >= 0.6 is 0 Å². The van der Waals surface area contributed by atoms with Crippen LogP contribution in [-0.4, -0.2) is 21.7 Å². The van der Waals surface area contributed by atoms with E-state index in [0.717, 1.165) is 0 Å². The van der Waals surface area contributed by atoms with E-state index in [1.54, 1.807) is 30.5 Å². The van der Waals surface area contributed by atoms with Crippen molar-refractivity contribution in [3.8, 4) is 11.4 Å². The van der Waals surface area contributed by atoms with Gasteiger partial charge in [0, 0.05) is 6.20 Å². The summed E-state index contributed by atoms with van der Waals surface area (Å²) in [7, 11) is 0. The first-order valence-corrected chi connectivity index (χ1v) is 4.69. The first-order valence-electron chi connectivity index (χ1n) is 4.69. The van der Waals surface area contributed by atoms with Gasteiger partial charge in [0.2, 0.25) is 5.78 Å². The Morgan fingerprint density at radius 2 is 1.94 bits per heavy atom. The van der Waals surface area contributed by atoms with Gasteiger partial charge in [0.25, 0.3) is 0 Å². The van der Waals surface area contributed by atoms with E-state index in [2.05, 4.69) is 0 Å². The number of hydrogen-bond donors (Lipinski definition) is 1. The summed E-state index contributed by atoms with van der Waals surface area (Å²) >= 11 is 0. The lowest BCUT2D eigenvalue weighted by Crippen LogP contribution is -2.07. The molecule has 0 saturated carbocycles. The molecule has 2 rings (SSSR count). The molecule has 0 unspecified atom stereocenters. The number of phenolic OH excluding ortho intramolecular Hbond substituents is 1. The van der Waals surface area contributed by atoms with Crippen LogP contribution in [0.5, 0.6) is 5.75 Å². The van der Waals surface area contributed by atoms with Crippen molar-refractivity contribution in [3.63, 3.8) is 0 Å². The van der Waals surface area contributed by atoms with E-state index < -0.39 is 5.78 Å². The topological polar surface area (TPSA) is 59.3 Å². The standard InChI is InChI=1S/C12H9NO3/c14-8-12(16)10-5-3-7-13(10)9-4-1-2-6-11(9)15/h1-8,15H. The Kier molecular flexibility index (Phi) is 2.55. The number of carbonyl (C=O) groups is 2. The van der Waals surface area contributed by atoms with E-state index in [9.17, 15) is 14.7 Å². The minimum Gasteiger partial charge on any atom is -0.506 e. The van der Waals surface area contributed by atoms with Crippen LogP contribution in [0.4, 0.5) is 0 Å². The number of carbonyl (C=O) groups excluding carboxylic acids is 2. The molecule has 1 aromatic carbocycles. The predicted molar refractivity (Wildman–Crippen MR) is 57.8 cm³/mol. The van der Waals surface area contributed by atoms with E-state index >= 15 is 0 Å². The highest BCUT2D eigenvalue weighted by atomic mass is 16.3. The molecule has 0 aliphatic heterocycles. The SMILES string of the molecule is O=CC(=O)c1cccn1-c1ccccc1O. The Morgan fingerprint density at radius 3 is 2.62 bits per heavy atom. The molecule has 0 saturated heterocycles. The molecule has 2 aromatic rings. The molecule has 0 aliphatic carbocycles. The molecular weight excluding hydrogens is 206 g/mol. The first kappa shape index (κ1) is 10.2. The Bertz CT molecular complexity index is 543. The largest absolute Gasteiger partial charge is 0.506 e. The van der Waals surface area contributed by atoms with Gasteiger partial charge in [-0.2, -0.15) is 0 Å². The number of Topliss-reactive ketones (excluding diaryl/α,β-unsaturated/α-hetero) is 1. The smallest absolute Gasteiger partial charge is 0.242 e. The Labute approximate surface area is 91.8 Å². The van der Waals surface area contributed by atoms with E-state index in [-0.39, 0.29) is 17.7 Å². The number of ketones is 1. The molecule has 1 heterocycles. The number of phenols is 1. The number of benzene rings is 1. The van der Waals surface area contributed by atoms with Gasteiger partial charge in [-0.15, -0.1) is 0 Å². The highest BCUT2D eigenvalue weighted by molar-refractivity contribution is 6.32. The zero-order valence-electron chi connectivity index (χ0n) is 8.33. The molecule has 80 valence electrons. The molecule has 0 bridgehead atoms. The van der Waals surface area contributed by atoms with Gasteiger partial charge >= 0.3 is 0 Å². The van der Waals surface area contributed by atoms with Gasteiger partial charge in [0.15, 0.2) is 6.29 Å². The maximum absolute atomic E-state index is 11.3. The third-order valence-electron chi connectivity index (χ3n) is 2.25. The van der Waals surface area contributed by atoms with Crippen molar-refractivity contribution in [2.45, 2.75) is 0 Å². The van der Waals surface area contributed by atoms with Gasteiger partial charge in [-0.3, -0.25) is 9.59 Å². The van der Waals surface area contributed by atoms with Crippen LogP contribution in [0.1, 0.15) is 10.5 Å². The second-order valence-corrected chi connectivity index (χ2v) is 3.23. The minimum atomic E-state index is -0.617. The number of para-hydroxylation sites is 2. The average Bonchev–Trinajstić information content (AvgIpc) is 2.77. The summed E-state index contributed by atoms with van der Waals surface area (Å²) in [6.07, 6.45) is 1.87. The quantitative estimate of drug-likeness (QED) is 0.480. The first-order chi connectivity index (χ1) is 7.74. The molecule has 1 N–H and O–H groups in total. The zero-order valence-corrected chi connectivity index (χ0v) is 8.33. The van der Waals surface area contributed by atoms with Gasteiger partial charge in [-0.25, -0.2) is 0 Å². The van der Waals surface area contributed by atoms with Gasteiger partial charge in [0.1, 0.15) is 5.75 Å². The van der Waals surface area contributed by atoms with Gasteiger partial charge in [-0.1, -0.05) is 12.1 Å². The maximum Gasteiger partial charge on any atom is 0.242 e. The van der Waals surface area contributed by atoms with Crippen molar-refractivity contribution < 1.29 is 14.7 Å². The van der Waals surface area contributed by atoms with Crippen molar-refractivity contribution >= 4 is 12.1 Å². The molecule has 0 spiro atoms. The van der Waals surface area contributed by atoms with Crippen molar-refractivity contribution in [3.05, 3.63) is 48.3 Å². The average molecular weight is 215 g/mol. The van der Waals surface area contributed by atoms with Crippen LogP contribution in [0, 0.1) is 0 Å². The third-order valence-corrected chi connectivity index (χ3v) is 2.25. The number of aromatic hydroxyl groups is 1. The molecule has 0 radical (unpaired) electrons. The zero-order chi connectivity index (χ0) is 11.5. The fraction of sp³-hybridized carbons (Fsp3) is 0. The highest BCUT2D eigenvalue weighted by Crippen LogP contribution is 2.22. The Balaban J connectivity index is 2.57. The monoisotopic (exact) mass is 215 g/mol. The van der Waals surface area contributed by atoms with E-state index in [0.29, 0.717) is 5.69 Å². The summed E-state index contributed by atoms with van der Waals surface area (Å²) in [5, 5.41) is 9.64. The molecule has 4 heteroatoms. The second kappa shape index (κ2) is 4.02. The van der Waals surface area contributed by atoms with Crippen LogP contribution < -0.4 is 0 Å². The van der Waals surface area contributed by atoms with Crippen LogP contribution in [-0.2, 0) is 4.79 Å². The van der Waals surface area contributed by atoms with Crippen molar-refractivity contribution in [1.82, 2.24) is 4.57 Å². The molecular formula is C12H9NO3. The molecule has 0 fully saturated rings. The van der Waals surface area contributed by atoms with Crippen LogP contribution in [0.3, 0.4) is 0 Å². The lowest BCUT2D eigenvalue weighted by atomic mass is 10.2. The summed E-state index contributed by atoms with van der Waals surface area (Å²) in [4.78, 5) is 21.8. The number of aromatic nitrogens is 1. The van der Waals surface area contributed by atoms with Gasteiger partial charge < -0.3 is 9.67 Å².